The molecule has 2 rings (SSSR count). The van der Waals surface area contributed by atoms with Gasteiger partial charge in [-0.05, 0) is 43.4 Å². The van der Waals surface area contributed by atoms with Crippen LogP contribution in [0.15, 0.2) is 18.2 Å². The SMILES string of the molecule is CC(O)c1ccc(N(C)CC2CCOCC2)c(F)c1. The van der Waals surface area contributed by atoms with E-state index in [-0.39, 0.29) is 5.82 Å². The van der Waals surface area contributed by atoms with E-state index in [0.717, 1.165) is 32.6 Å². The largest absolute Gasteiger partial charge is 0.389 e. The summed E-state index contributed by atoms with van der Waals surface area (Å²) < 4.78 is 19.4. The number of halogens is 1. The topological polar surface area (TPSA) is 32.7 Å². The molecule has 1 aromatic carbocycles. The van der Waals surface area contributed by atoms with Gasteiger partial charge >= 0.3 is 0 Å². The van der Waals surface area contributed by atoms with Crippen LogP contribution in [0.2, 0.25) is 0 Å². The number of rotatable bonds is 4. The lowest BCUT2D eigenvalue weighted by molar-refractivity contribution is 0.0685. The Hall–Kier alpha value is -1.13. The predicted molar refractivity (Wildman–Crippen MR) is 73.8 cm³/mol. The van der Waals surface area contributed by atoms with Crippen molar-refractivity contribution in [3.63, 3.8) is 0 Å². The summed E-state index contributed by atoms with van der Waals surface area (Å²) in [5.41, 5.74) is 1.21. The van der Waals surface area contributed by atoms with Crippen LogP contribution >= 0.6 is 0 Å². The van der Waals surface area contributed by atoms with Gasteiger partial charge in [0.15, 0.2) is 0 Å². The second kappa shape index (κ2) is 6.35. The van der Waals surface area contributed by atoms with Gasteiger partial charge in [-0.25, -0.2) is 4.39 Å². The number of ether oxygens (including phenoxy) is 1. The summed E-state index contributed by atoms with van der Waals surface area (Å²) in [6.45, 7) is 4.10. The molecule has 0 amide bonds. The average Bonchev–Trinajstić information content (AvgIpc) is 2.39. The van der Waals surface area contributed by atoms with Crippen molar-refractivity contribution in [1.82, 2.24) is 0 Å². The molecular formula is C15H22FNO2. The van der Waals surface area contributed by atoms with Gasteiger partial charge in [0.25, 0.3) is 0 Å². The van der Waals surface area contributed by atoms with Crippen LogP contribution in [0.5, 0.6) is 0 Å². The van der Waals surface area contributed by atoms with E-state index in [1.54, 1.807) is 19.1 Å². The third-order valence-electron chi connectivity index (χ3n) is 3.74. The number of benzene rings is 1. The Balaban J connectivity index is 2.03. The van der Waals surface area contributed by atoms with Gasteiger partial charge in [-0.3, -0.25) is 0 Å². The Morgan fingerprint density at radius 1 is 1.42 bits per heavy atom. The Bertz CT molecular complexity index is 417. The molecule has 0 aromatic heterocycles. The normalized spacial score (nSPS) is 18.3. The molecule has 1 atom stereocenters. The average molecular weight is 267 g/mol. The van der Waals surface area contributed by atoms with E-state index >= 15 is 0 Å². The smallest absolute Gasteiger partial charge is 0.146 e. The van der Waals surface area contributed by atoms with E-state index in [2.05, 4.69) is 0 Å². The quantitative estimate of drug-likeness (QED) is 0.910. The molecule has 1 unspecified atom stereocenters. The maximum Gasteiger partial charge on any atom is 0.146 e. The molecular weight excluding hydrogens is 245 g/mol. The number of aliphatic hydroxyl groups excluding tert-OH is 1. The molecule has 1 fully saturated rings. The maximum atomic E-state index is 14.0. The van der Waals surface area contributed by atoms with E-state index < -0.39 is 6.10 Å². The molecule has 1 aromatic rings. The third-order valence-corrected chi connectivity index (χ3v) is 3.74. The molecule has 0 aliphatic carbocycles. The highest BCUT2D eigenvalue weighted by atomic mass is 19.1. The summed E-state index contributed by atoms with van der Waals surface area (Å²) in [4.78, 5) is 1.96. The van der Waals surface area contributed by atoms with Gasteiger partial charge in [-0.15, -0.1) is 0 Å². The monoisotopic (exact) mass is 267 g/mol. The Morgan fingerprint density at radius 3 is 2.68 bits per heavy atom. The summed E-state index contributed by atoms with van der Waals surface area (Å²) in [7, 11) is 1.91. The molecule has 1 N–H and O–H groups in total. The lowest BCUT2D eigenvalue weighted by Crippen LogP contribution is -2.30. The minimum absolute atomic E-state index is 0.270. The third kappa shape index (κ3) is 3.67. The number of hydrogen-bond acceptors (Lipinski definition) is 3. The van der Waals surface area contributed by atoms with Gasteiger partial charge in [0, 0.05) is 26.8 Å². The van der Waals surface area contributed by atoms with Crippen LogP contribution in [0.25, 0.3) is 0 Å². The highest BCUT2D eigenvalue weighted by molar-refractivity contribution is 5.48. The van der Waals surface area contributed by atoms with E-state index in [1.807, 2.05) is 11.9 Å². The summed E-state index contributed by atoms with van der Waals surface area (Å²) in [6.07, 6.45) is 1.44. The lowest BCUT2D eigenvalue weighted by atomic mass is 9.99. The second-order valence-electron chi connectivity index (χ2n) is 5.32. The van der Waals surface area contributed by atoms with E-state index in [0.29, 0.717) is 17.2 Å². The van der Waals surface area contributed by atoms with Crippen molar-refractivity contribution >= 4 is 5.69 Å². The summed E-state index contributed by atoms with van der Waals surface area (Å²) in [6, 6.07) is 4.95. The first-order valence-electron chi connectivity index (χ1n) is 6.84. The molecule has 0 bridgehead atoms. The fourth-order valence-corrected chi connectivity index (χ4v) is 2.51. The van der Waals surface area contributed by atoms with Gasteiger partial charge in [-0.2, -0.15) is 0 Å². The maximum absolute atomic E-state index is 14.0. The lowest BCUT2D eigenvalue weighted by Gasteiger charge is -2.28. The van der Waals surface area contributed by atoms with Crippen molar-refractivity contribution in [1.29, 1.82) is 0 Å². The molecule has 3 nitrogen and oxygen atoms in total. The molecule has 106 valence electrons. The van der Waals surface area contributed by atoms with Gasteiger partial charge < -0.3 is 14.7 Å². The van der Waals surface area contributed by atoms with Crippen molar-refractivity contribution in [3.8, 4) is 0 Å². The van der Waals surface area contributed by atoms with Crippen LogP contribution < -0.4 is 4.90 Å². The Morgan fingerprint density at radius 2 is 2.11 bits per heavy atom. The van der Waals surface area contributed by atoms with Gasteiger partial charge in [-0.1, -0.05) is 6.07 Å². The first-order valence-corrected chi connectivity index (χ1v) is 6.84. The van der Waals surface area contributed by atoms with Crippen LogP contribution in [0.4, 0.5) is 10.1 Å². The van der Waals surface area contributed by atoms with Gasteiger partial charge in [0.05, 0.1) is 11.8 Å². The van der Waals surface area contributed by atoms with Gasteiger partial charge in [0.2, 0.25) is 0 Å². The van der Waals surface area contributed by atoms with Crippen LogP contribution in [0.1, 0.15) is 31.4 Å². The van der Waals surface area contributed by atoms with E-state index in [9.17, 15) is 9.50 Å². The highest BCUT2D eigenvalue weighted by Gasteiger charge is 2.18. The highest BCUT2D eigenvalue weighted by Crippen LogP contribution is 2.25. The Labute approximate surface area is 114 Å². The fraction of sp³-hybridized carbons (Fsp3) is 0.600. The van der Waals surface area contributed by atoms with Crippen LogP contribution in [-0.4, -0.2) is 31.9 Å². The summed E-state index contributed by atoms with van der Waals surface area (Å²) in [5, 5.41) is 9.44. The summed E-state index contributed by atoms with van der Waals surface area (Å²) in [5.74, 6) is 0.294. The van der Waals surface area contributed by atoms with E-state index in [1.165, 1.54) is 6.07 Å². The fourth-order valence-electron chi connectivity index (χ4n) is 2.51. The molecule has 1 heterocycles. The number of nitrogens with zero attached hydrogens (tertiary/aromatic N) is 1. The van der Waals surface area contributed by atoms with Crippen molar-refractivity contribution in [2.75, 3.05) is 31.7 Å². The molecule has 0 saturated carbocycles. The van der Waals surface area contributed by atoms with Crippen LogP contribution in [0, 0.1) is 11.7 Å². The van der Waals surface area contributed by atoms with Crippen molar-refractivity contribution in [3.05, 3.63) is 29.6 Å². The van der Waals surface area contributed by atoms with Crippen molar-refractivity contribution in [2.45, 2.75) is 25.9 Å². The molecule has 0 radical (unpaired) electrons. The zero-order chi connectivity index (χ0) is 13.8. The van der Waals surface area contributed by atoms with Crippen LogP contribution in [0.3, 0.4) is 0 Å². The molecule has 0 spiro atoms. The molecule has 1 saturated heterocycles. The zero-order valence-electron chi connectivity index (χ0n) is 11.6. The molecule has 4 heteroatoms. The first-order chi connectivity index (χ1) is 9.08. The van der Waals surface area contributed by atoms with Crippen molar-refractivity contribution in [2.24, 2.45) is 5.92 Å². The standard InChI is InChI=1S/C15H22FNO2/c1-11(18)13-3-4-15(14(16)9-13)17(2)10-12-5-7-19-8-6-12/h3-4,9,11-12,18H,5-8,10H2,1-2H3. The second-order valence-corrected chi connectivity index (χ2v) is 5.32. The molecule has 1 aliphatic rings. The van der Waals surface area contributed by atoms with Crippen molar-refractivity contribution < 1.29 is 14.2 Å². The van der Waals surface area contributed by atoms with Crippen LogP contribution in [-0.2, 0) is 4.74 Å². The molecule has 19 heavy (non-hydrogen) atoms. The predicted octanol–water partition coefficient (Wildman–Crippen LogP) is 2.74. The minimum Gasteiger partial charge on any atom is -0.389 e. The van der Waals surface area contributed by atoms with Gasteiger partial charge in [0.1, 0.15) is 5.82 Å². The minimum atomic E-state index is -0.635. The Kier molecular flexibility index (Phi) is 4.77. The van der Waals surface area contributed by atoms with E-state index in [4.69, 9.17) is 4.74 Å². The zero-order valence-corrected chi connectivity index (χ0v) is 11.6. The summed E-state index contributed by atoms with van der Waals surface area (Å²) >= 11 is 0. The number of aliphatic hydroxyl groups is 1. The number of anilines is 1. The molecule has 1 aliphatic heterocycles. The first kappa shape index (κ1) is 14.3. The number of hydrogen-bond donors (Lipinski definition) is 1.